The van der Waals surface area contributed by atoms with Gasteiger partial charge in [0.2, 0.25) is 0 Å². The summed E-state index contributed by atoms with van der Waals surface area (Å²) in [6.07, 6.45) is 5.93. The van der Waals surface area contributed by atoms with Crippen LogP contribution in [0.15, 0.2) is 0 Å². The topological polar surface area (TPSA) is 26.3 Å². The van der Waals surface area contributed by atoms with Crippen LogP contribution in [0.5, 0.6) is 0 Å². The molecule has 1 fully saturated rings. The van der Waals surface area contributed by atoms with Gasteiger partial charge in [0.05, 0.1) is 6.10 Å². The average Bonchev–Trinajstić information content (AvgIpc) is 2.06. The van der Waals surface area contributed by atoms with Crippen LogP contribution in [-0.2, 0) is 24.9 Å². The van der Waals surface area contributed by atoms with Crippen molar-refractivity contribution < 1.29 is 8.95 Å². The molecule has 0 unspecified atom stereocenters. The van der Waals surface area contributed by atoms with Gasteiger partial charge in [0.25, 0.3) is 0 Å². The number of rotatable bonds is 1. The summed E-state index contributed by atoms with van der Waals surface area (Å²) >= 11 is 8.43. The van der Waals surface area contributed by atoms with Crippen LogP contribution in [0.1, 0.15) is 32.1 Å². The van der Waals surface area contributed by atoms with E-state index >= 15 is 0 Å². The number of thiol groups is 1. The van der Waals surface area contributed by atoms with Crippen LogP contribution in [0.25, 0.3) is 0 Å². The van der Waals surface area contributed by atoms with E-state index in [0.717, 1.165) is 12.8 Å². The van der Waals surface area contributed by atoms with Gasteiger partial charge in [0, 0.05) is 11.2 Å². The van der Waals surface area contributed by atoms with E-state index in [4.69, 9.17) is 4.74 Å². The lowest BCUT2D eigenvalue weighted by atomic mass is 9.98. The van der Waals surface area contributed by atoms with Gasteiger partial charge in [-0.2, -0.15) is 0 Å². The van der Waals surface area contributed by atoms with Crippen molar-refractivity contribution in [3.63, 3.8) is 0 Å². The zero-order chi connectivity index (χ0) is 8.97. The highest BCUT2D eigenvalue weighted by atomic mass is 32.8. The smallest absolute Gasteiger partial charge is 0.200 e. The van der Waals surface area contributed by atoms with Crippen molar-refractivity contribution in [3.05, 3.63) is 0 Å². The highest BCUT2D eigenvalue weighted by Gasteiger charge is 2.14. The third kappa shape index (κ3) is 3.43. The largest absolute Gasteiger partial charge is 0.325 e. The molecule has 0 aromatic carbocycles. The Labute approximate surface area is 84.4 Å². The molecule has 0 aromatic rings. The third-order valence-corrected chi connectivity index (χ3v) is 3.77. The second-order valence-corrected chi connectivity index (χ2v) is 5.34. The van der Waals surface area contributed by atoms with Crippen molar-refractivity contribution in [2.24, 2.45) is 0 Å². The van der Waals surface area contributed by atoms with E-state index in [0.29, 0.717) is 0 Å². The van der Waals surface area contributed by atoms with Gasteiger partial charge in [-0.3, -0.25) is 0 Å². The molecule has 0 aliphatic heterocycles. The Morgan fingerprint density at radius 2 is 2.00 bits per heavy atom. The zero-order valence-electron chi connectivity index (χ0n) is 6.69. The van der Waals surface area contributed by atoms with E-state index < -0.39 is 8.95 Å². The summed E-state index contributed by atoms with van der Waals surface area (Å²) in [5.41, 5.74) is 0. The first-order valence-corrected chi connectivity index (χ1v) is 6.54. The number of ether oxygens (including phenoxy) is 1. The van der Waals surface area contributed by atoms with E-state index in [9.17, 15) is 4.21 Å². The van der Waals surface area contributed by atoms with Crippen LogP contribution in [0, 0.1) is 0 Å². The van der Waals surface area contributed by atoms with Gasteiger partial charge in [-0.25, -0.2) is 4.21 Å². The Balaban J connectivity index is 2.45. The highest BCUT2D eigenvalue weighted by Crippen LogP contribution is 2.20. The lowest BCUT2D eigenvalue weighted by Crippen LogP contribution is -2.18. The van der Waals surface area contributed by atoms with Gasteiger partial charge in [-0.05, 0) is 12.8 Å². The molecule has 0 spiro atoms. The van der Waals surface area contributed by atoms with E-state index in [1.54, 1.807) is 0 Å². The summed E-state index contributed by atoms with van der Waals surface area (Å²) in [6, 6.07) is 0. The number of hydrogen-bond donors (Lipinski definition) is 1. The molecule has 0 N–H and O–H groups in total. The first-order valence-electron chi connectivity index (χ1n) is 4.02. The molecule has 1 rings (SSSR count). The summed E-state index contributed by atoms with van der Waals surface area (Å²) in [6.45, 7) is 0. The quantitative estimate of drug-likeness (QED) is 0.541. The minimum atomic E-state index is -1.47. The molecule has 0 radical (unpaired) electrons. The lowest BCUT2D eigenvalue weighted by Gasteiger charge is -2.20. The Morgan fingerprint density at radius 1 is 1.42 bits per heavy atom. The molecule has 70 valence electrons. The van der Waals surface area contributed by atoms with Crippen molar-refractivity contribution >= 4 is 37.1 Å². The van der Waals surface area contributed by atoms with E-state index in [1.807, 2.05) is 0 Å². The third-order valence-electron chi connectivity index (χ3n) is 1.96. The SMILES string of the molecule is O=S(=S)=C(S)OC1CCCCC1. The normalized spacial score (nSPS) is 19.1. The fraction of sp³-hybridized carbons (Fsp3) is 0.857. The Bertz CT molecular complexity index is 254. The van der Waals surface area contributed by atoms with E-state index in [2.05, 4.69) is 23.8 Å². The summed E-state index contributed by atoms with van der Waals surface area (Å²) in [7, 11) is -1.47. The van der Waals surface area contributed by atoms with Crippen molar-refractivity contribution in [1.29, 1.82) is 0 Å². The molecular formula is C7H12O2S3. The van der Waals surface area contributed by atoms with Crippen LogP contribution in [0.4, 0.5) is 0 Å². The predicted octanol–water partition coefficient (Wildman–Crippen LogP) is 1.56. The summed E-state index contributed by atoms with van der Waals surface area (Å²) in [5.74, 6) is 0. The van der Waals surface area contributed by atoms with E-state index in [-0.39, 0.29) is 10.5 Å². The number of hydrogen-bond acceptors (Lipinski definition) is 3. The predicted molar refractivity (Wildman–Crippen MR) is 57.5 cm³/mol. The fourth-order valence-corrected chi connectivity index (χ4v) is 1.85. The van der Waals surface area contributed by atoms with Gasteiger partial charge in [0.15, 0.2) is 4.38 Å². The van der Waals surface area contributed by atoms with Crippen molar-refractivity contribution in [3.8, 4) is 0 Å². The van der Waals surface area contributed by atoms with Gasteiger partial charge < -0.3 is 4.74 Å². The first kappa shape index (κ1) is 10.5. The molecular weight excluding hydrogens is 212 g/mol. The molecule has 2 nitrogen and oxygen atoms in total. The molecule has 0 bridgehead atoms. The average molecular weight is 224 g/mol. The Morgan fingerprint density at radius 3 is 2.50 bits per heavy atom. The molecule has 0 atom stereocenters. The van der Waals surface area contributed by atoms with Crippen LogP contribution >= 0.6 is 12.6 Å². The summed E-state index contributed by atoms with van der Waals surface area (Å²) in [4.78, 5) is 0. The van der Waals surface area contributed by atoms with Crippen molar-refractivity contribution in [1.82, 2.24) is 0 Å². The molecule has 1 saturated carbocycles. The first-order chi connectivity index (χ1) is 5.70. The second-order valence-electron chi connectivity index (χ2n) is 2.88. The Kier molecular flexibility index (Phi) is 4.56. The minimum absolute atomic E-state index is 0.192. The van der Waals surface area contributed by atoms with Gasteiger partial charge >= 0.3 is 0 Å². The molecule has 0 heterocycles. The van der Waals surface area contributed by atoms with Crippen molar-refractivity contribution in [2.75, 3.05) is 0 Å². The maximum absolute atomic E-state index is 10.7. The van der Waals surface area contributed by atoms with Crippen molar-refractivity contribution in [2.45, 2.75) is 38.2 Å². The van der Waals surface area contributed by atoms with Crippen LogP contribution in [0.3, 0.4) is 0 Å². The highest BCUT2D eigenvalue weighted by molar-refractivity contribution is 8.28. The molecule has 0 saturated heterocycles. The van der Waals surface area contributed by atoms with Crippen LogP contribution in [0.2, 0.25) is 0 Å². The molecule has 5 heteroatoms. The van der Waals surface area contributed by atoms with Crippen LogP contribution < -0.4 is 0 Å². The monoisotopic (exact) mass is 224 g/mol. The zero-order valence-corrected chi connectivity index (χ0v) is 9.22. The minimum Gasteiger partial charge on any atom is -0.325 e. The summed E-state index contributed by atoms with van der Waals surface area (Å²) in [5, 5.41) is 0. The molecule has 1 aliphatic rings. The summed E-state index contributed by atoms with van der Waals surface area (Å²) < 4.78 is 16.2. The molecule has 0 amide bonds. The molecule has 1 aliphatic carbocycles. The maximum Gasteiger partial charge on any atom is 0.200 e. The fourth-order valence-electron chi connectivity index (χ4n) is 1.36. The molecule has 12 heavy (non-hydrogen) atoms. The van der Waals surface area contributed by atoms with Crippen LogP contribution in [-0.4, -0.2) is 14.7 Å². The lowest BCUT2D eigenvalue weighted by molar-refractivity contribution is 0.153. The standard InChI is InChI=1S/C7H12O2S3/c8-12(11)7(10)9-6-4-2-1-3-5-6/h6,10H,1-5H2. The molecule has 0 aromatic heterocycles. The van der Waals surface area contributed by atoms with E-state index in [1.165, 1.54) is 19.3 Å². The van der Waals surface area contributed by atoms with Gasteiger partial charge in [-0.15, -0.1) is 12.6 Å². The maximum atomic E-state index is 10.7. The second kappa shape index (κ2) is 5.21. The Hall–Kier alpha value is 0.420. The van der Waals surface area contributed by atoms with Gasteiger partial charge in [-0.1, -0.05) is 19.3 Å². The van der Waals surface area contributed by atoms with Gasteiger partial charge in [0.1, 0.15) is 8.95 Å².